The molecule has 1 rings (SSSR count). The van der Waals surface area contributed by atoms with Crippen molar-refractivity contribution in [1.29, 1.82) is 0 Å². The molecule has 0 atom stereocenters. The van der Waals surface area contributed by atoms with Crippen LogP contribution in [0.25, 0.3) is 0 Å². The number of aldehydes is 1. The molecule has 0 aliphatic heterocycles. The number of rotatable bonds is 8. The van der Waals surface area contributed by atoms with Gasteiger partial charge in [-0.15, -0.1) is 0 Å². The Morgan fingerprint density at radius 3 is 2.25 bits per heavy atom. The molecule has 0 bridgehead atoms. The highest BCUT2D eigenvalue weighted by Crippen LogP contribution is 2.18. The van der Waals surface area contributed by atoms with Gasteiger partial charge >= 0.3 is 0 Å². The lowest BCUT2D eigenvalue weighted by molar-refractivity contribution is -0.0970. The number of aliphatic hydroxyl groups is 1. The Balaban J connectivity index is 2.36. The Kier molecular flexibility index (Phi) is 5.72. The van der Waals surface area contributed by atoms with Crippen molar-refractivity contribution in [2.45, 2.75) is 45.3 Å². The van der Waals surface area contributed by atoms with E-state index in [1.807, 2.05) is 13.8 Å². The SMILES string of the molecule is CC(C)(O)COC(C)(C)CCOc1ccc(C=O)cc1. The summed E-state index contributed by atoms with van der Waals surface area (Å²) in [4.78, 5) is 10.5. The largest absolute Gasteiger partial charge is 0.493 e. The van der Waals surface area contributed by atoms with Gasteiger partial charge in [0.25, 0.3) is 0 Å². The second-order valence-corrected chi connectivity index (χ2v) is 6.15. The molecule has 0 unspecified atom stereocenters. The van der Waals surface area contributed by atoms with Crippen molar-refractivity contribution in [3.63, 3.8) is 0 Å². The van der Waals surface area contributed by atoms with E-state index < -0.39 is 5.60 Å². The molecule has 0 aliphatic carbocycles. The Morgan fingerprint density at radius 2 is 1.75 bits per heavy atom. The van der Waals surface area contributed by atoms with E-state index in [1.165, 1.54) is 0 Å². The van der Waals surface area contributed by atoms with E-state index in [0.29, 0.717) is 18.6 Å². The number of ether oxygens (including phenoxy) is 2. The zero-order valence-electron chi connectivity index (χ0n) is 12.7. The molecular weight excluding hydrogens is 256 g/mol. The van der Waals surface area contributed by atoms with Crippen molar-refractivity contribution < 1.29 is 19.4 Å². The van der Waals surface area contributed by atoms with Crippen LogP contribution in [0.4, 0.5) is 0 Å². The lowest BCUT2D eigenvalue weighted by Crippen LogP contribution is -2.35. The maximum atomic E-state index is 10.5. The summed E-state index contributed by atoms with van der Waals surface area (Å²) in [7, 11) is 0. The highest BCUT2D eigenvalue weighted by molar-refractivity contribution is 5.74. The average Bonchev–Trinajstić information content (AvgIpc) is 2.37. The third kappa shape index (κ3) is 6.68. The quantitative estimate of drug-likeness (QED) is 0.744. The summed E-state index contributed by atoms with van der Waals surface area (Å²) < 4.78 is 11.3. The molecule has 1 aromatic carbocycles. The second-order valence-electron chi connectivity index (χ2n) is 6.15. The fraction of sp³-hybridized carbons (Fsp3) is 0.562. The number of benzene rings is 1. The smallest absolute Gasteiger partial charge is 0.150 e. The molecule has 112 valence electrons. The van der Waals surface area contributed by atoms with Gasteiger partial charge in [-0.05, 0) is 52.0 Å². The predicted octanol–water partition coefficient (Wildman–Crippen LogP) is 2.83. The van der Waals surface area contributed by atoms with Crippen molar-refractivity contribution in [3.05, 3.63) is 29.8 Å². The molecule has 0 aliphatic rings. The van der Waals surface area contributed by atoms with E-state index >= 15 is 0 Å². The highest BCUT2D eigenvalue weighted by Gasteiger charge is 2.23. The van der Waals surface area contributed by atoms with E-state index in [0.717, 1.165) is 12.0 Å². The van der Waals surface area contributed by atoms with E-state index in [2.05, 4.69) is 0 Å². The van der Waals surface area contributed by atoms with Gasteiger partial charge in [0.05, 0.1) is 24.4 Å². The molecule has 0 saturated carbocycles. The van der Waals surface area contributed by atoms with Crippen LogP contribution in [0.3, 0.4) is 0 Å². The molecule has 0 heterocycles. The molecule has 4 nitrogen and oxygen atoms in total. The van der Waals surface area contributed by atoms with Crippen molar-refractivity contribution >= 4 is 6.29 Å². The molecular formula is C16H24O4. The first kappa shape index (κ1) is 16.7. The zero-order chi connectivity index (χ0) is 15.2. The van der Waals surface area contributed by atoms with Crippen LogP contribution in [-0.4, -0.2) is 35.8 Å². The van der Waals surface area contributed by atoms with E-state index in [4.69, 9.17) is 9.47 Å². The van der Waals surface area contributed by atoms with Crippen LogP contribution in [0.15, 0.2) is 24.3 Å². The summed E-state index contributed by atoms with van der Waals surface area (Å²) in [6, 6.07) is 6.99. The fourth-order valence-corrected chi connectivity index (χ4v) is 1.50. The Hall–Kier alpha value is -1.39. The lowest BCUT2D eigenvalue weighted by atomic mass is 10.1. The first-order valence-corrected chi connectivity index (χ1v) is 6.76. The van der Waals surface area contributed by atoms with Gasteiger partial charge < -0.3 is 14.6 Å². The van der Waals surface area contributed by atoms with Crippen molar-refractivity contribution in [2.75, 3.05) is 13.2 Å². The van der Waals surface area contributed by atoms with Gasteiger partial charge in [-0.2, -0.15) is 0 Å². The molecule has 4 heteroatoms. The van der Waals surface area contributed by atoms with Crippen LogP contribution in [0.1, 0.15) is 44.5 Å². The third-order valence-corrected chi connectivity index (χ3v) is 2.81. The predicted molar refractivity (Wildman–Crippen MR) is 78.3 cm³/mol. The minimum absolute atomic E-state index is 0.286. The summed E-state index contributed by atoms with van der Waals surface area (Å²) in [6.07, 6.45) is 1.51. The zero-order valence-corrected chi connectivity index (χ0v) is 12.7. The molecule has 1 N–H and O–H groups in total. The molecule has 1 aromatic rings. The van der Waals surface area contributed by atoms with Crippen LogP contribution < -0.4 is 4.74 Å². The fourth-order valence-electron chi connectivity index (χ4n) is 1.50. The van der Waals surface area contributed by atoms with Crippen molar-refractivity contribution in [1.82, 2.24) is 0 Å². The van der Waals surface area contributed by atoms with Crippen LogP contribution >= 0.6 is 0 Å². The summed E-state index contributed by atoms with van der Waals surface area (Å²) in [5.74, 6) is 0.730. The van der Waals surface area contributed by atoms with Gasteiger partial charge in [0.2, 0.25) is 0 Å². The molecule has 0 amide bonds. The van der Waals surface area contributed by atoms with Crippen LogP contribution in [0, 0.1) is 0 Å². The number of carbonyl (C=O) groups excluding carboxylic acids is 1. The molecule has 0 aromatic heterocycles. The van der Waals surface area contributed by atoms with E-state index in [-0.39, 0.29) is 12.2 Å². The monoisotopic (exact) mass is 280 g/mol. The topological polar surface area (TPSA) is 55.8 Å². The number of hydrogen-bond donors (Lipinski definition) is 1. The van der Waals surface area contributed by atoms with Crippen molar-refractivity contribution in [3.8, 4) is 5.75 Å². The van der Waals surface area contributed by atoms with Crippen molar-refractivity contribution in [2.24, 2.45) is 0 Å². The number of carbonyl (C=O) groups is 1. The van der Waals surface area contributed by atoms with Gasteiger partial charge in [0.15, 0.2) is 0 Å². The summed E-state index contributed by atoms with van der Waals surface area (Å²) in [5.41, 5.74) is -0.558. The molecule has 0 radical (unpaired) electrons. The summed E-state index contributed by atoms with van der Waals surface area (Å²) in [6.45, 7) is 8.17. The Labute approximate surface area is 120 Å². The third-order valence-electron chi connectivity index (χ3n) is 2.81. The summed E-state index contributed by atoms with van der Waals surface area (Å²) in [5, 5.41) is 9.65. The standard InChI is InChI=1S/C16H24O4/c1-15(2,18)12-20-16(3,4)9-10-19-14-7-5-13(11-17)6-8-14/h5-8,11,18H,9-10,12H2,1-4H3. The maximum Gasteiger partial charge on any atom is 0.150 e. The minimum atomic E-state index is -0.831. The van der Waals surface area contributed by atoms with Gasteiger partial charge in [-0.3, -0.25) is 4.79 Å². The molecule has 20 heavy (non-hydrogen) atoms. The van der Waals surface area contributed by atoms with Crippen LogP contribution in [0.2, 0.25) is 0 Å². The summed E-state index contributed by atoms with van der Waals surface area (Å²) >= 11 is 0. The lowest BCUT2D eigenvalue weighted by Gasteiger charge is -2.29. The molecule has 0 spiro atoms. The maximum absolute atomic E-state index is 10.5. The van der Waals surface area contributed by atoms with E-state index in [9.17, 15) is 9.90 Å². The Bertz CT molecular complexity index is 415. The molecule has 0 fully saturated rings. The Morgan fingerprint density at radius 1 is 1.15 bits per heavy atom. The second kappa shape index (κ2) is 6.86. The van der Waals surface area contributed by atoms with Crippen LogP contribution in [-0.2, 0) is 4.74 Å². The minimum Gasteiger partial charge on any atom is -0.493 e. The first-order chi connectivity index (χ1) is 9.22. The first-order valence-electron chi connectivity index (χ1n) is 6.76. The van der Waals surface area contributed by atoms with Gasteiger partial charge in [0, 0.05) is 12.0 Å². The van der Waals surface area contributed by atoms with Crippen LogP contribution in [0.5, 0.6) is 5.75 Å². The molecule has 0 saturated heterocycles. The average molecular weight is 280 g/mol. The van der Waals surface area contributed by atoms with E-state index in [1.54, 1.807) is 38.1 Å². The van der Waals surface area contributed by atoms with Gasteiger partial charge in [0.1, 0.15) is 12.0 Å². The number of hydrogen-bond acceptors (Lipinski definition) is 4. The van der Waals surface area contributed by atoms with Gasteiger partial charge in [-0.25, -0.2) is 0 Å². The van der Waals surface area contributed by atoms with Gasteiger partial charge in [-0.1, -0.05) is 0 Å². The highest BCUT2D eigenvalue weighted by atomic mass is 16.5. The normalized spacial score (nSPS) is 12.2.